The van der Waals surface area contributed by atoms with Gasteiger partial charge in [0.05, 0.1) is 13.3 Å². The number of rotatable bonds is 3. The fraction of sp³-hybridized carbons (Fsp3) is 0.125. The molecule has 66 valence electrons. The first kappa shape index (κ1) is 9.00. The smallest absolute Gasteiger partial charge is 0.298 e. The zero-order valence-corrected chi connectivity index (χ0v) is 6.85. The maximum absolute atomic E-state index is 10.0. The number of methoxy groups -OCH3 is 1. The molecular formula is C8H6N2O3. The van der Waals surface area contributed by atoms with Crippen LogP contribution in [-0.4, -0.2) is 18.6 Å². The quantitative estimate of drug-likeness (QED) is 0.630. The fourth-order valence-electron chi connectivity index (χ4n) is 0.768. The number of aromatic nitrogens is 1. The van der Waals surface area contributed by atoms with Crippen molar-refractivity contribution in [2.24, 2.45) is 0 Å². The maximum atomic E-state index is 10.0. The molecule has 13 heavy (non-hydrogen) atoms. The fourth-order valence-corrected chi connectivity index (χ4v) is 0.768. The minimum absolute atomic E-state index is 0.123. The average Bonchev–Trinajstić information content (AvgIpc) is 2.19. The van der Waals surface area contributed by atoms with Crippen LogP contribution >= 0.6 is 0 Å². The van der Waals surface area contributed by atoms with Crippen molar-refractivity contribution in [1.82, 2.24) is 4.98 Å². The van der Waals surface area contributed by atoms with E-state index in [0.29, 0.717) is 5.88 Å². The summed E-state index contributed by atoms with van der Waals surface area (Å²) in [6.07, 6.45) is 1.26. The highest BCUT2D eigenvalue weighted by Crippen LogP contribution is 2.19. The topological polar surface area (TPSA) is 72.2 Å². The summed E-state index contributed by atoms with van der Waals surface area (Å²) in [7, 11) is 1.43. The largest absolute Gasteiger partial charge is 0.481 e. The number of hydrogen-bond donors (Lipinski definition) is 0. The molecule has 1 rings (SSSR count). The lowest BCUT2D eigenvalue weighted by molar-refractivity contribution is -0.120. The first-order valence-electron chi connectivity index (χ1n) is 3.36. The van der Waals surface area contributed by atoms with Gasteiger partial charge in [-0.1, -0.05) is 0 Å². The van der Waals surface area contributed by atoms with Gasteiger partial charge in [0.1, 0.15) is 11.6 Å². The molecule has 5 nitrogen and oxygen atoms in total. The van der Waals surface area contributed by atoms with Crippen LogP contribution in [-0.2, 0) is 4.79 Å². The monoisotopic (exact) mass is 178 g/mol. The SMILES string of the molecule is COc1cc(C#N)c(OC=O)cn1. The highest BCUT2D eigenvalue weighted by Gasteiger charge is 2.05. The summed E-state index contributed by atoms with van der Waals surface area (Å²) in [5, 5.41) is 8.64. The van der Waals surface area contributed by atoms with Gasteiger partial charge in [-0.05, 0) is 0 Å². The van der Waals surface area contributed by atoms with Crippen LogP contribution in [0.4, 0.5) is 0 Å². The molecule has 5 heteroatoms. The van der Waals surface area contributed by atoms with Gasteiger partial charge in [0.15, 0.2) is 5.75 Å². The van der Waals surface area contributed by atoms with Gasteiger partial charge in [0.25, 0.3) is 6.47 Å². The van der Waals surface area contributed by atoms with E-state index >= 15 is 0 Å². The maximum Gasteiger partial charge on any atom is 0.298 e. The summed E-state index contributed by atoms with van der Waals surface area (Å²) >= 11 is 0. The molecule has 0 radical (unpaired) electrons. The predicted octanol–water partition coefficient (Wildman–Crippen LogP) is 0.497. The minimum atomic E-state index is 0.123. The van der Waals surface area contributed by atoms with E-state index in [2.05, 4.69) is 9.72 Å². The Morgan fingerprint density at radius 1 is 1.69 bits per heavy atom. The van der Waals surface area contributed by atoms with Crippen molar-refractivity contribution < 1.29 is 14.3 Å². The molecule has 0 spiro atoms. The second-order valence-electron chi connectivity index (χ2n) is 2.05. The molecule has 0 saturated heterocycles. The molecule has 0 aromatic carbocycles. The Morgan fingerprint density at radius 2 is 2.46 bits per heavy atom. The van der Waals surface area contributed by atoms with Gasteiger partial charge in [-0.3, -0.25) is 4.79 Å². The summed E-state index contributed by atoms with van der Waals surface area (Å²) < 4.78 is 9.29. The van der Waals surface area contributed by atoms with Gasteiger partial charge in [0, 0.05) is 6.07 Å². The number of carbonyl (C=O) groups excluding carboxylic acids is 1. The molecule has 1 aromatic heterocycles. The summed E-state index contributed by atoms with van der Waals surface area (Å²) in [5.74, 6) is 0.424. The first-order chi connectivity index (χ1) is 6.31. The summed E-state index contributed by atoms with van der Waals surface area (Å²) in [4.78, 5) is 13.8. The van der Waals surface area contributed by atoms with E-state index in [1.807, 2.05) is 6.07 Å². The molecule has 0 atom stereocenters. The van der Waals surface area contributed by atoms with Crippen LogP contribution in [0.2, 0.25) is 0 Å². The van der Waals surface area contributed by atoms with E-state index < -0.39 is 0 Å². The Labute approximate surface area is 74.5 Å². The molecule has 0 aliphatic heterocycles. The van der Waals surface area contributed by atoms with Gasteiger partial charge in [-0.25, -0.2) is 4.98 Å². The van der Waals surface area contributed by atoms with Crippen LogP contribution < -0.4 is 9.47 Å². The van der Waals surface area contributed by atoms with Crippen molar-refractivity contribution in [3.8, 4) is 17.7 Å². The second kappa shape index (κ2) is 4.07. The molecule has 0 amide bonds. The number of nitriles is 1. The van der Waals surface area contributed by atoms with E-state index in [9.17, 15) is 4.79 Å². The average molecular weight is 178 g/mol. The number of ether oxygens (including phenoxy) is 2. The third-order valence-corrected chi connectivity index (χ3v) is 1.35. The molecule has 0 aliphatic carbocycles. The van der Waals surface area contributed by atoms with Crippen molar-refractivity contribution in [2.75, 3.05) is 7.11 Å². The molecule has 0 bridgehead atoms. The molecule has 0 unspecified atom stereocenters. The highest BCUT2D eigenvalue weighted by atomic mass is 16.5. The normalized spacial score (nSPS) is 8.62. The number of pyridine rings is 1. The number of carbonyl (C=O) groups is 1. The lowest BCUT2D eigenvalue weighted by atomic mass is 10.3. The number of nitrogens with zero attached hydrogens (tertiary/aromatic N) is 2. The van der Waals surface area contributed by atoms with Crippen LogP contribution in [0.1, 0.15) is 5.56 Å². The molecule has 0 aliphatic rings. The van der Waals surface area contributed by atoms with Crippen molar-refractivity contribution in [1.29, 1.82) is 5.26 Å². The molecular weight excluding hydrogens is 172 g/mol. The van der Waals surface area contributed by atoms with Crippen LogP contribution in [0.5, 0.6) is 11.6 Å². The Hall–Kier alpha value is -2.09. The van der Waals surface area contributed by atoms with Gasteiger partial charge in [-0.2, -0.15) is 5.26 Å². The highest BCUT2D eigenvalue weighted by molar-refractivity contribution is 5.51. The van der Waals surface area contributed by atoms with E-state index in [4.69, 9.17) is 10.00 Å². The van der Waals surface area contributed by atoms with E-state index in [1.165, 1.54) is 19.4 Å². The minimum Gasteiger partial charge on any atom is -0.481 e. The van der Waals surface area contributed by atoms with Gasteiger partial charge in [0.2, 0.25) is 5.88 Å². The molecule has 1 heterocycles. The third kappa shape index (κ3) is 1.93. The summed E-state index contributed by atoms with van der Waals surface area (Å²) in [6.45, 7) is 0.240. The molecule has 0 fully saturated rings. The van der Waals surface area contributed by atoms with E-state index in [0.717, 1.165) is 0 Å². The Kier molecular flexibility index (Phi) is 2.82. The van der Waals surface area contributed by atoms with E-state index in [1.54, 1.807) is 0 Å². The van der Waals surface area contributed by atoms with Crippen LogP contribution in [0.15, 0.2) is 12.3 Å². The third-order valence-electron chi connectivity index (χ3n) is 1.35. The Bertz CT molecular complexity index is 357. The lowest BCUT2D eigenvalue weighted by Gasteiger charge is -2.01. The molecule has 0 saturated carbocycles. The van der Waals surface area contributed by atoms with Crippen molar-refractivity contribution in [2.45, 2.75) is 0 Å². The second-order valence-corrected chi connectivity index (χ2v) is 2.05. The van der Waals surface area contributed by atoms with Gasteiger partial charge in [-0.15, -0.1) is 0 Å². The molecule has 1 aromatic rings. The van der Waals surface area contributed by atoms with Crippen molar-refractivity contribution >= 4 is 6.47 Å². The van der Waals surface area contributed by atoms with Crippen LogP contribution in [0.25, 0.3) is 0 Å². The Morgan fingerprint density at radius 3 is 3.00 bits per heavy atom. The van der Waals surface area contributed by atoms with Gasteiger partial charge < -0.3 is 9.47 Å². The zero-order chi connectivity index (χ0) is 9.68. The summed E-state index contributed by atoms with van der Waals surface area (Å²) in [6, 6.07) is 3.24. The van der Waals surface area contributed by atoms with Crippen LogP contribution in [0, 0.1) is 11.3 Å². The Balaban J connectivity index is 3.09. The molecule has 0 N–H and O–H groups in total. The van der Waals surface area contributed by atoms with Crippen molar-refractivity contribution in [3.05, 3.63) is 17.8 Å². The lowest BCUT2D eigenvalue weighted by Crippen LogP contribution is -1.95. The van der Waals surface area contributed by atoms with Crippen molar-refractivity contribution in [3.63, 3.8) is 0 Å². The summed E-state index contributed by atoms with van der Waals surface area (Å²) in [5.41, 5.74) is 0.207. The van der Waals surface area contributed by atoms with Crippen LogP contribution in [0.3, 0.4) is 0 Å². The van der Waals surface area contributed by atoms with E-state index in [-0.39, 0.29) is 17.8 Å². The predicted molar refractivity (Wildman–Crippen MR) is 42.2 cm³/mol. The standard InChI is InChI=1S/C8H6N2O3/c1-12-8-2-6(3-9)7(4-10-8)13-5-11/h2,4-5H,1H3. The first-order valence-corrected chi connectivity index (χ1v) is 3.36. The number of hydrogen-bond acceptors (Lipinski definition) is 5. The van der Waals surface area contributed by atoms with Gasteiger partial charge >= 0.3 is 0 Å². The zero-order valence-electron chi connectivity index (χ0n) is 6.85.